The summed E-state index contributed by atoms with van der Waals surface area (Å²) in [6, 6.07) is 84.4. The van der Waals surface area contributed by atoms with E-state index in [0.29, 0.717) is 22.9 Å². The molecule has 9 aromatic carbocycles. The second-order valence-corrected chi connectivity index (χ2v) is 40.0. The number of carbonyl (C=O) groups excluding carboxylic acids is 2. The standard InChI is InChI=1S/C18H15P.C13H13BrN2O.C13H10BrN2O.C12H9BrN2O2.C12H11BrN2O.C12H7BrN2O.C7H4BrClO.C5H6N2O.C2Cl6.CH3I.CH4O.2CH4.6CH3.B.HI.Na.6Rb.H/c1-4-10-16(11-5-1)19(17-12-6-2-7-13-17)18-14-8-3-9-15-18;2*1-16-7-6-12-11(8-16)15-13(17-12)9-2-4-10(14)5-3-9;13-9-3-1-8(2-4-9)12(17)15-10-7-14-6-5-11(10)16;2*13-9-3-1-8(2-4-9)12-15-10-7-14-6-5-11(10)16-12;8-6-3-1-5(2-4-6)7(9)10;6-4-3-7-2-1-5(4)8;3-1(4,5)2(6,7)8;2*1-2;;;;;;;;;;;;;;;;;;/h1-15H;2-5H,6-8H2,1H3;2-8H,1H3;1-7H,(H,14,16)(H,15,17);1-4,14H,5-7H2;1-7H;1-4H;1-3H,6H2,(H,7,8);;1H3;2H,1H3;2*1H4;6*1H3;;1H;;;;;;;;/q;;+1;;;;;;;;;;;6*-1;;;7*+1;-1/p-1. The molecular weight excluding hydrogens is 3120 g/mol. The van der Waals surface area contributed by atoms with Gasteiger partial charge in [0.15, 0.2) is 29.1 Å². The quantitative estimate of drug-likeness (QED) is 0.0192. The van der Waals surface area contributed by atoms with Gasteiger partial charge in [-0.1, -0.05) is 294 Å². The Balaban J connectivity index is -0.000000182. The number of oxazole rings is 4. The van der Waals surface area contributed by atoms with Crippen molar-refractivity contribution in [3.63, 3.8) is 0 Å². The smallest absolute Gasteiger partial charge is 1.00 e. The van der Waals surface area contributed by atoms with Crippen molar-refractivity contribution >= 4 is 276 Å². The van der Waals surface area contributed by atoms with Gasteiger partial charge in [-0.2, -0.15) is 0 Å². The average molecular weight is 3230 g/mol. The van der Waals surface area contributed by atoms with Crippen LogP contribution in [0.3, 0.4) is 0 Å². The fourth-order valence-electron chi connectivity index (χ4n) is 11.6. The fraction of sp³-hybridized carbons (Fsp3) is 0.135. The van der Waals surface area contributed by atoms with E-state index in [1.807, 2.05) is 138 Å². The molecule has 17 aromatic rings. The number of pyridine rings is 4. The van der Waals surface area contributed by atoms with Crippen molar-refractivity contribution in [1.29, 1.82) is 0 Å². The first-order chi connectivity index (χ1) is 63.5. The maximum absolute atomic E-state index is 11.8. The molecule has 0 fully saturated rings. The monoisotopic (exact) mass is 3220 g/mol. The van der Waals surface area contributed by atoms with Gasteiger partial charge in [0, 0.05) is 170 Å². The van der Waals surface area contributed by atoms with E-state index in [4.69, 9.17) is 110 Å². The number of hydrogen-bond donors (Lipinski definition) is 6. The molecule has 0 unspecified atom stereocenters. The van der Waals surface area contributed by atoms with Crippen LogP contribution in [0.5, 0.6) is 0 Å². The molecule has 3 radical (unpaired) electrons. The average Bonchev–Trinajstić information content (AvgIpc) is 1.60. The summed E-state index contributed by atoms with van der Waals surface area (Å²) in [4.78, 5) is 75.8. The molecule has 759 valence electrons. The number of aliphatic hydroxyl groups excluding tert-OH is 1. The van der Waals surface area contributed by atoms with Crippen LogP contribution in [-0.2, 0) is 33.0 Å². The SMILES string of the molecule is Brc1ccc(-c2nc3c(o2)CCNC3)cc1.Brc1ccc(-c2nc3cnccc3o2)cc1.C.C.CI.CN1CCc2oc(-c3ccc(Br)cc3)nc2C1.CO.C[n+]1ccc2oc(-c3ccc(Br)cc3)nc2c1.ClC(Cl)(Cl)C(Cl)(Cl)Cl.Nc1c[nH]ccc1=O.O=C(Cl)c1ccc(Br)cc1.O=C(Nc1c[nH]ccc1=O)c1ccc(Br)cc1.[B].[CH3-].[CH3-].[CH3-].[CH3-].[CH3-].[CH3-].[H-].[I-].[Na+].[Rb+].[Rb+].[Rb+].[Rb+].[Rb+].[Rb+].c1ccc(P(c2ccccc2)c2ccccc2)cc1. The molecule has 8 aromatic heterocycles. The number of carbonyl (C=O) groups is 2. The number of fused-ring (bicyclic) bond motifs is 4. The second-order valence-electron chi connectivity index (χ2n) is 27.4. The Kier molecular flexibility index (Phi) is 105. The molecule has 2 aliphatic heterocycles. The minimum absolute atomic E-state index is 0. The Morgan fingerprint density at radius 2 is 0.839 bits per heavy atom. The van der Waals surface area contributed by atoms with Crippen LogP contribution in [0.1, 0.15) is 59.9 Å². The summed E-state index contributed by atoms with van der Waals surface area (Å²) in [7, 11) is 4.63. The van der Waals surface area contributed by atoms with Gasteiger partial charge in [-0.15, -0.1) is 0 Å². The van der Waals surface area contributed by atoms with E-state index in [-0.39, 0.29) is 500 Å². The number of hydrogen-bond acceptors (Lipinski definition) is 17. The molecule has 2 aliphatic rings. The Labute approximate surface area is 1310 Å². The van der Waals surface area contributed by atoms with Gasteiger partial charge in [-0.05, 0) is 193 Å². The number of nitrogen functional groups attached to an aromatic ring is 1. The molecule has 0 aliphatic carbocycles. The van der Waals surface area contributed by atoms with E-state index in [0.717, 1.165) is 152 Å². The second kappa shape index (κ2) is 92.1. The van der Waals surface area contributed by atoms with Crippen LogP contribution >= 0.6 is 207 Å². The number of alkyl halides is 7. The zero-order chi connectivity index (χ0) is 95.3. The number of benzene rings is 9. The normalized spacial score (nSPS) is 10.3. The molecule has 45 heteroatoms. The maximum atomic E-state index is 11.8. The van der Waals surface area contributed by atoms with Crippen molar-refractivity contribution in [1.82, 2.24) is 45.1 Å². The summed E-state index contributed by atoms with van der Waals surface area (Å²) in [5.41, 5.74) is 15.7. The molecular formula is C104H109BBr6Cl7I2N12NaO9PRb6. The summed E-state index contributed by atoms with van der Waals surface area (Å²) in [5, 5.41) is 16.6. The Morgan fingerprint density at radius 3 is 1.19 bits per heavy atom. The molecule has 1 amide bonds. The number of nitrogens with one attached hydrogen (secondary N) is 4. The third-order valence-corrected chi connectivity index (χ3v) is 26.4. The molecule has 0 saturated carbocycles. The molecule has 0 bridgehead atoms. The van der Waals surface area contributed by atoms with Crippen molar-refractivity contribution in [2.45, 2.75) is 48.4 Å². The molecule has 0 atom stereocenters. The third-order valence-electron chi connectivity index (χ3n) is 18.0. The maximum Gasteiger partial charge on any atom is 1.00 e. The first-order valence-electron chi connectivity index (χ1n) is 39.4. The summed E-state index contributed by atoms with van der Waals surface area (Å²) in [5.74, 6) is 4.49. The molecule has 149 heavy (non-hydrogen) atoms. The molecule has 19 rings (SSSR count). The van der Waals surface area contributed by atoms with E-state index in [9.17, 15) is 19.2 Å². The summed E-state index contributed by atoms with van der Waals surface area (Å²) in [6.07, 6.45) is 15.1. The zero-order valence-electron chi connectivity index (χ0n) is 85.3. The van der Waals surface area contributed by atoms with E-state index >= 15 is 0 Å². The third kappa shape index (κ3) is 59.9. The minimum Gasteiger partial charge on any atom is -1.00 e. The summed E-state index contributed by atoms with van der Waals surface area (Å²) >= 11 is 58.4. The van der Waals surface area contributed by atoms with Gasteiger partial charge in [0.1, 0.15) is 29.8 Å². The van der Waals surface area contributed by atoms with Crippen molar-refractivity contribution in [2.75, 3.05) is 43.2 Å². The minimum atomic E-state index is -1.85. The summed E-state index contributed by atoms with van der Waals surface area (Å²) in [6.45, 7) is 3.72. The Bertz CT molecular complexity index is 6470. The van der Waals surface area contributed by atoms with Crippen molar-refractivity contribution < 1.29 is 441 Å². The molecule has 0 saturated heterocycles. The number of anilines is 2. The predicted molar refractivity (Wildman–Crippen MR) is 626 cm³/mol. The van der Waals surface area contributed by atoms with Gasteiger partial charge >= 0.3 is 379 Å². The summed E-state index contributed by atoms with van der Waals surface area (Å²) < 4.78 is 27.2. The van der Waals surface area contributed by atoms with Crippen LogP contribution in [0.15, 0.2) is 365 Å². The number of aromatic nitrogens is 8. The number of rotatable bonds is 10. The van der Waals surface area contributed by atoms with E-state index in [1.54, 1.807) is 67.1 Å². The topological polar surface area (TPSA) is 294 Å². The van der Waals surface area contributed by atoms with Crippen molar-refractivity contribution in [3.05, 3.63) is 436 Å². The van der Waals surface area contributed by atoms with Gasteiger partial charge < -0.3 is 119 Å². The van der Waals surface area contributed by atoms with Crippen LogP contribution in [0.4, 0.5) is 11.4 Å². The van der Waals surface area contributed by atoms with Crippen LogP contribution in [-0.4, -0.2) is 104 Å². The van der Waals surface area contributed by atoms with Crippen LogP contribution < -0.4 is 450 Å². The Morgan fingerprint density at radius 1 is 0.490 bits per heavy atom. The number of H-pyrrole nitrogens is 2. The first kappa shape index (κ1) is 171. The van der Waals surface area contributed by atoms with Gasteiger partial charge in [-0.25, -0.2) is 24.5 Å². The van der Waals surface area contributed by atoms with Gasteiger partial charge in [-0.3, -0.25) is 29.1 Å². The first-order valence-corrected chi connectivity index (χ1v) is 50.3. The van der Waals surface area contributed by atoms with Crippen LogP contribution in [0, 0.1) is 44.6 Å². The zero-order valence-corrected chi connectivity index (χ0v) is 136. The fourth-order valence-corrected chi connectivity index (χ4v) is 15.6. The van der Waals surface area contributed by atoms with Gasteiger partial charge in [0.2, 0.25) is 42.0 Å². The number of likely N-dealkylation sites (N-methyl/N-ethyl adjacent to an activating group) is 1. The molecule has 7 N–H and O–H groups in total. The van der Waals surface area contributed by atoms with Crippen LogP contribution in [0.25, 0.3) is 68.0 Å². The van der Waals surface area contributed by atoms with E-state index < -0.39 is 20.7 Å². The molecule has 10 heterocycles. The largest absolute Gasteiger partial charge is 1.00 e. The van der Waals surface area contributed by atoms with Crippen molar-refractivity contribution in [2.24, 2.45) is 7.05 Å². The number of aromatic amines is 2. The predicted octanol–water partition coefficient (Wildman–Crippen LogP) is 5.32. The number of amides is 1. The van der Waals surface area contributed by atoms with Gasteiger partial charge in [0.25, 0.3) is 11.1 Å². The number of aryl methyl sites for hydroxylation is 1. The number of nitrogens with two attached hydrogens (primary N) is 1. The molecule has 21 nitrogen and oxygen atoms in total. The number of halogens is 15. The number of aliphatic hydroxyl groups is 1. The van der Waals surface area contributed by atoms with E-state index in [2.05, 4.69) is 267 Å². The van der Waals surface area contributed by atoms with E-state index in [1.165, 1.54) is 46.6 Å². The van der Waals surface area contributed by atoms with Gasteiger partial charge in [0.05, 0.1) is 23.3 Å². The van der Waals surface area contributed by atoms with Crippen molar-refractivity contribution in [3.8, 4) is 45.8 Å². The Hall–Kier alpha value is 4.06. The number of nitrogens with zero attached hydrogens (tertiary/aromatic N) is 7. The molecule has 0 spiro atoms. The van der Waals surface area contributed by atoms with Crippen LogP contribution in [0.2, 0.25) is 0 Å².